The summed E-state index contributed by atoms with van der Waals surface area (Å²) in [6, 6.07) is 0. The number of carbonyl (C=O) groups excluding carboxylic acids is 1. The van der Waals surface area contributed by atoms with Crippen molar-refractivity contribution in [3.63, 3.8) is 0 Å². The van der Waals surface area contributed by atoms with Gasteiger partial charge in [-0.1, -0.05) is 30.4 Å². The lowest BCUT2D eigenvalue weighted by Crippen LogP contribution is -2.11. The van der Waals surface area contributed by atoms with E-state index in [4.69, 9.17) is 4.74 Å². The van der Waals surface area contributed by atoms with Crippen molar-refractivity contribution in [2.45, 2.75) is 57.7 Å². The highest BCUT2D eigenvalue weighted by molar-refractivity contribution is 5.81. The van der Waals surface area contributed by atoms with E-state index in [-0.39, 0.29) is 18.2 Å². The number of rotatable bonds is 0. The Kier molecular flexibility index (Phi) is 7.91. The van der Waals surface area contributed by atoms with Crippen LogP contribution in [0.3, 0.4) is 0 Å². The van der Waals surface area contributed by atoms with Gasteiger partial charge in [0.15, 0.2) is 0 Å². The molecular formula is C16H24O3. The number of hydrogen-bond donors (Lipinski definition) is 1. The molecule has 0 aromatic carbocycles. The van der Waals surface area contributed by atoms with Crippen LogP contribution in [-0.2, 0) is 9.53 Å². The molecule has 0 aliphatic carbocycles. The fraction of sp³-hybridized carbons (Fsp3) is 0.562. The van der Waals surface area contributed by atoms with Crippen LogP contribution in [0.1, 0.15) is 45.4 Å². The van der Waals surface area contributed by atoms with E-state index in [9.17, 15) is 9.90 Å². The molecule has 0 bridgehead atoms. The van der Waals surface area contributed by atoms with Gasteiger partial charge in [0.05, 0.1) is 6.10 Å². The molecule has 0 aromatic rings. The van der Waals surface area contributed by atoms with E-state index < -0.39 is 0 Å². The zero-order valence-corrected chi connectivity index (χ0v) is 11.6. The summed E-state index contributed by atoms with van der Waals surface area (Å²) >= 11 is 0. The maximum absolute atomic E-state index is 11.5. The van der Waals surface area contributed by atoms with Crippen molar-refractivity contribution < 1.29 is 14.6 Å². The minimum Gasteiger partial charge on any atom is -0.459 e. The third kappa shape index (κ3) is 8.38. The number of aliphatic hydroxyl groups excluding tert-OH is 1. The van der Waals surface area contributed by atoms with Gasteiger partial charge in [-0.25, -0.2) is 4.79 Å². The van der Waals surface area contributed by atoms with Crippen molar-refractivity contribution in [2.75, 3.05) is 0 Å². The molecule has 106 valence electrons. The van der Waals surface area contributed by atoms with Gasteiger partial charge < -0.3 is 9.84 Å². The van der Waals surface area contributed by atoms with Gasteiger partial charge in [0.25, 0.3) is 0 Å². The average molecular weight is 264 g/mol. The van der Waals surface area contributed by atoms with Crippen LogP contribution in [0.5, 0.6) is 0 Å². The predicted octanol–water partition coefficient (Wildman–Crippen LogP) is 3.30. The maximum atomic E-state index is 11.5. The molecule has 0 saturated heterocycles. The second-order valence-electron chi connectivity index (χ2n) is 4.90. The van der Waals surface area contributed by atoms with Gasteiger partial charge in [-0.05, 0) is 39.0 Å². The van der Waals surface area contributed by atoms with Gasteiger partial charge in [0.1, 0.15) is 6.10 Å². The molecule has 0 radical (unpaired) electrons. The van der Waals surface area contributed by atoms with Crippen LogP contribution in [0.15, 0.2) is 36.5 Å². The third-order valence-electron chi connectivity index (χ3n) is 3.00. The van der Waals surface area contributed by atoms with Crippen molar-refractivity contribution in [1.29, 1.82) is 0 Å². The van der Waals surface area contributed by atoms with E-state index in [2.05, 4.69) is 6.08 Å². The van der Waals surface area contributed by atoms with Crippen molar-refractivity contribution in [3.05, 3.63) is 36.5 Å². The first-order chi connectivity index (χ1) is 9.18. The van der Waals surface area contributed by atoms with Gasteiger partial charge in [0.2, 0.25) is 0 Å². The molecule has 19 heavy (non-hydrogen) atoms. The normalized spacial score (nSPS) is 32.2. The topological polar surface area (TPSA) is 46.5 Å². The molecule has 1 rings (SSSR count). The van der Waals surface area contributed by atoms with Crippen LogP contribution in [0.4, 0.5) is 0 Å². The molecule has 0 aromatic heterocycles. The average Bonchev–Trinajstić information content (AvgIpc) is 2.36. The second-order valence-corrected chi connectivity index (χ2v) is 4.90. The second kappa shape index (κ2) is 9.56. The van der Waals surface area contributed by atoms with Crippen LogP contribution >= 0.6 is 0 Å². The Balaban J connectivity index is 2.51. The summed E-state index contributed by atoms with van der Waals surface area (Å²) < 4.78 is 5.22. The molecule has 1 aliphatic heterocycles. The zero-order valence-electron chi connectivity index (χ0n) is 11.6. The molecule has 0 unspecified atom stereocenters. The van der Waals surface area contributed by atoms with Gasteiger partial charge in [-0.2, -0.15) is 0 Å². The summed E-state index contributed by atoms with van der Waals surface area (Å²) in [5.41, 5.74) is 0. The summed E-state index contributed by atoms with van der Waals surface area (Å²) in [6.07, 6.45) is 15.8. The molecule has 0 amide bonds. The lowest BCUT2D eigenvalue weighted by atomic mass is 10.1. The van der Waals surface area contributed by atoms with E-state index in [0.717, 1.165) is 32.1 Å². The SMILES string of the molecule is C[C@@H]1C/C=C/C=C/CC[C@@H](O)CCC/C=C/C(=O)O1. The molecule has 1 heterocycles. The number of allylic oxidation sites excluding steroid dienone is 4. The number of cyclic esters (lactones) is 1. The van der Waals surface area contributed by atoms with E-state index in [1.807, 2.05) is 31.2 Å². The smallest absolute Gasteiger partial charge is 0.330 e. The minimum atomic E-state index is -0.288. The summed E-state index contributed by atoms with van der Waals surface area (Å²) in [6.45, 7) is 1.89. The maximum Gasteiger partial charge on any atom is 0.330 e. The number of carbonyl (C=O) groups is 1. The van der Waals surface area contributed by atoms with Gasteiger partial charge in [0, 0.05) is 12.5 Å². The standard InChI is InChI=1S/C16H24O3/c1-14-10-6-3-2-4-7-11-15(17)12-8-5-9-13-16(18)19-14/h2-4,6,9,13-15,17H,5,7-8,10-12H2,1H3/b4-2+,6-3+,13-9+/t14-,15-/m1/s1. The first kappa shape index (κ1) is 15.7. The molecular weight excluding hydrogens is 240 g/mol. The molecule has 3 heteroatoms. The van der Waals surface area contributed by atoms with Gasteiger partial charge >= 0.3 is 5.97 Å². The summed E-state index contributed by atoms with van der Waals surface area (Å²) in [5.74, 6) is -0.288. The van der Waals surface area contributed by atoms with Gasteiger partial charge in [-0.3, -0.25) is 0 Å². The largest absolute Gasteiger partial charge is 0.459 e. The Morgan fingerprint density at radius 2 is 1.95 bits per heavy atom. The fourth-order valence-corrected chi connectivity index (χ4v) is 1.89. The number of hydrogen-bond acceptors (Lipinski definition) is 3. The molecule has 3 nitrogen and oxygen atoms in total. The highest BCUT2D eigenvalue weighted by atomic mass is 16.5. The molecule has 0 spiro atoms. The zero-order chi connectivity index (χ0) is 13.9. The van der Waals surface area contributed by atoms with E-state index in [1.54, 1.807) is 0 Å². The van der Waals surface area contributed by atoms with E-state index in [0.29, 0.717) is 6.42 Å². The Labute approximate surface area is 115 Å². The molecule has 1 aliphatic rings. The van der Waals surface area contributed by atoms with E-state index >= 15 is 0 Å². The lowest BCUT2D eigenvalue weighted by molar-refractivity contribution is -0.141. The Morgan fingerprint density at radius 3 is 2.79 bits per heavy atom. The molecule has 1 N–H and O–H groups in total. The highest BCUT2D eigenvalue weighted by Crippen LogP contribution is 2.09. The molecule has 0 fully saturated rings. The Morgan fingerprint density at radius 1 is 1.16 bits per heavy atom. The molecule has 2 atom stereocenters. The number of aliphatic hydroxyl groups is 1. The minimum absolute atomic E-state index is 0.100. The monoisotopic (exact) mass is 264 g/mol. The fourth-order valence-electron chi connectivity index (χ4n) is 1.89. The van der Waals surface area contributed by atoms with E-state index in [1.165, 1.54) is 6.08 Å². The number of ether oxygens (including phenoxy) is 1. The van der Waals surface area contributed by atoms with Crippen LogP contribution in [0.25, 0.3) is 0 Å². The quantitative estimate of drug-likeness (QED) is 0.683. The lowest BCUT2D eigenvalue weighted by Gasteiger charge is -2.09. The van der Waals surface area contributed by atoms with Crippen LogP contribution in [-0.4, -0.2) is 23.3 Å². The van der Waals surface area contributed by atoms with Crippen molar-refractivity contribution >= 4 is 5.97 Å². The van der Waals surface area contributed by atoms with Crippen molar-refractivity contribution in [3.8, 4) is 0 Å². The Bertz CT molecular complexity index is 342. The van der Waals surface area contributed by atoms with Crippen molar-refractivity contribution in [2.24, 2.45) is 0 Å². The first-order valence-corrected chi connectivity index (χ1v) is 7.05. The highest BCUT2D eigenvalue weighted by Gasteiger charge is 2.05. The van der Waals surface area contributed by atoms with Gasteiger partial charge in [-0.15, -0.1) is 0 Å². The molecule has 0 saturated carbocycles. The van der Waals surface area contributed by atoms with Crippen LogP contribution in [0, 0.1) is 0 Å². The summed E-state index contributed by atoms with van der Waals surface area (Å²) in [4.78, 5) is 11.5. The first-order valence-electron chi connectivity index (χ1n) is 7.05. The van der Waals surface area contributed by atoms with Crippen molar-refractivity contribution in [1.82, 2.24) is 0 Å². The number of esters is 1. The predicted molar refractivity (Wildman–Crippen MR) is 76.7 cm³/mol. The van der Waals surface area contributed by atoms with Crippen LogP contribution < -0.4 is 0 Å². The Hall–Kier alpha value is -1.35. The van der Waals surface area contributed by atoms with Crippen LogP contribution in [0.2, 0.25) is 0 Å². The summed E-state index contributed by atoms with van der Waals surface area (Å²) in [5, 5.41) is 9.74. The summed E-state index contributed by atoms with van der Waals surface area (Å²) in [7, 11) is 0. The third-order valence-corrected chi connectivity index (χ3v) is 3.00.